The first-order valence-electron chi connectivity index (χ1n) is 7.45. The summed E-state index contributed by atoms with van der Waals surface area (Å²) in [6.07, 6.45) is 2.69. The molecule has 1 aromatic carbocycles. The van der Waals surface area contributed by atoms with Crippen molar-refractivity contribution in [1.29, 1.82) is 0 Å². The molecule has 3 rings (SSSR count). The highest BCUT2D eigenvalue weighted by Gasteiger charge is 2.24. The number of carbonyl (C=O) groups is 1. The molecule has 0 radical (unpaired) electrons. The Balaban J connectivity index is 1.63. The molecular formula is C15H18Cl2N4O. The lowest BCUT2D eigenvalue weighted by Crippen LogP contribution is -2.42. The highest BCUT2D eigenvalue weighted by molar-refractivity contribution is 6.42. The minimum absolute atomic E-state index is 0.0375. The van der Waals surface area contributed by atoms with Gasteiger partial charge in [0.05, 0.1) is 21.7 Å². The largest absolute Gasteiger partial charge is 0.316 e. The van der Waals surface area contributed by atoms with Crippen molar-refractivity contribution in [3.63, 3.8) is 0 Å². The Morgan fingerprint density at radius 3 is 2.95 bits per heavy atom. The predicted octanol–water partition coefficient (Wildman–Crippen LogP) is 2.63. The van der Waals surface area contributed by atoms with Crippen molar-refractivity contribution in [3.8, 4) is 0 Å². The van der Waals surface area contributed by atoms with E-state index in [9.17, 15) is 4.79 Å². The van der Waals surface area contributed by atoms with Gasteiger partial charge in [0.15, 0.2) is 0 Å². The SMILES string of the molecule is O=C(NC1=NN(c2ccc(Cl)c(Cl)c2)CC1)[C@H]1CCCNC1. The van der Waals surface area contributed by atoms with Gasteiger partial charge in [-0.25, -0.2) is 0 Å². The number of halogens is 2. The summed E-state index contributed by atoms with van der Waals surface area (Å²) in [5.74, 6) is 0.805. The zero-order chi connectivity index (χ0) is 15.5. The fourth-order valence-corrected chi connectivity index (χ4v) is 2.99. The van der Waals surface area contributed by atoms with Gasteiger partial charge in [-0.05, 0) is 37.6 Å². The van der Waals surface area contributed by atoms with Gasteiger partial charge in [0.1, 0.15) is 5.84 Å². The number of rotatable bonds is 2. The molecule has 0 aliphatic carbocycles. The van der Waals surface area contributed by atoms with Crippen molar-refractivity contribution in [2.75, 3.05) is 24.6 Å². The van der Waals surface area contributed by atoms with E-state index in [0.29, 0.717) is 22.3 Å². The van der Waals surface area contributed by atoms with Gasteiger partial charge >= 0.3 is 0 Å². The Morgan fingerprint density at radius 1 is 1.36 bits per heavy atom. The highest BCUT2D eigenvalue weighted by atomic mass is 35.5. The molecule has 0 saturated carbocycles. The summed E-state index contributed by atoms with van der Waals surface area (Å²) in [6, 6.07) is 5.40. The summed E-state index contributed by atoms with van der Waals surface area (Å²) in [5, 5.41) is 13.5. The van der Waals surface area contributed by atoms with Crippen LogP contribution in [0, 0.1) is 5.92 Å². The van der Waals surface area contributed by atoms with Crippen LogP contribution in [0.2, 0.25) is 10.0 Å². The molecule has 2 heterocycles. The molecule has 0 aromatic heterocycles. The van der Waals surface area contributed by atoms with Crippen molar-refractivity contribution < 1.29 is 4.79 Å². The molecule has 2 N–H and O–H groups in total. The minimum Gasteiger partial charge on any atom is -0.316 e. The van der Waals surface area contributed by atoms with Gasteiger partial charge in [-0.3, -0.25) is 9.80 Å². The van der Waals surface area contributed by atoms with Crippen LogP contribution in [0.15, 0.2) is 23.3 Å². The lowest BCUT2D eigenvalue weighted by molar-refractivity contribution is -0.124. The van der Waals surface area contributed by atoms with E-state index in [1.165, 1.54) is 0 Å². The Morgan fingerprint density at radius 2 is 2.23 bits per heavy atom. The van der Waals surface area contributed by atoms with Crippen LogP contribution in [0.3, 0.4) is 0 Å². The van der Waals surface area contributed by atoms with Crippen LogP contribution in [0.4, 0.5) is 5.69 Å². The first-order valence-corrected chi connectivity index (χ1v) is 8.21. The molecule has 0 unspecified atom stereocenters. The van der Waals surface area contributed by atoms with E-state index in [-0.39, 0.29) is 11.8 Å². The average molecular weight is 341 g/mol. The normalized spacial score (nSPS) is 21.6. The fourth-order valence-electron chi connectivity index (χ4n) is 2.70. The Bertz CT molecular complexity index is 599. The maximum atomic E-state index is 12.2. The van der Waals surface area contributed by atoms with Crippen molar-refractivity contribution in [2.24, 2.45) is 11.0 Å². The average Bonchev–Trinajstić information content (AvgIpc) is 2.99. The molecule has 1 aromatic rings. The van der Waals surface area contributed by atoms with Gasteiger partial charge in [-0.2, -0.15) is 5.10 Å². The van der Waals surface area contributed by atoms with E-state index in [4.69, 9.17) is 23.2 Å². The number of nitrogens with zero attached hydrogens (tertiary/aromatic N) is 2. The zero-order valence-corrected chi connectivity index (χ0v) is 13.6. The van der Waals surface area contributed by atoms with Crippen molar-refractivity contribution >= 4 is 40.6 Å². The second-order valence-corrected chi connectivity index (χ2v) is 6.37. The smallest absolute Gasteiger partial charge is 0.229 e. The Labute approximate surface area is 139 Å². The maximum Gasteiger partial charge on any atom is 0.229 e. The third-order valence-corrected chi connectivity index (χ3v) is 4.68. The number of carbonyl (C=O) groups excluding carboxylic acids is 1. The van der Waals surface area contributed by atoms with Crippen LogP contribution in [0.25, 0.3) is 0 Å². The quantitative estimate of drug-likeness (QED) is 0.870. The number of amidine groups is 1. The zero-order valence-electron chi connectivity index (χ0n) is 12.1. The van der Waals surface area contributed by atoms with Crippen molar-refractivity contribution in [2.45, 2.75) is 19.3 Å². The van der Waals surface area contributed by atoms with E-state index in [0.717, 1.165) is 38.2 Å². The molecule has 7 heteroatoms. The third-order valence-electron chi connectivity index (χ3n) is 3.94. The molecule has 22 heavy (non-hydrogen) atoms. The van der Waals surface area contributed by atoms with Crippen molar-refractivity contribution in [3.05, 3.63) is 28.2 Å². The molecule has 5 nitrogen and oxygen atoms in total. The van der Waals surface area contributed by atoms with E-state index >= 15 is 0 Å². The second kappa shape index (κ2) is 6.86. The first-order chi connectivity index (χ1) is 10.6. The molecule has 0 spiro atoms. The molecule has 2 aliphatic heterocycles. The first kappa shape index (κ1) is 15.6. The molecule has 1 atom stereocenters. The molecule has 2 aliphatic rings. The minimum atomic E-state index is 0.0375. The van der Waals surface area contributed by atoms with Gasteiger partial charge in [0, 0.05) is 19.5 Å². The summed E-state index contributed by atoms with van der Waals surface area (Å²) in [5.41, 5.74) is 0.873. The fraction of sp³-hybridized carbons (Fsp3) is 0.467. The van der Waals surface area contributed by atoms with Crippen LogP contribution in [-0.4, -0.2) is 31.4 Å². The molecule has 1 amide bonds. The van der Waals surface area contributed by atoms with Crippen LogP contribution >= 0.6 is 23.2 Å². The number of hydrogen-bond donors (Lipinski definition) is 2. The Hall–Kier alpha value is -1.30. The molecule has 0 bridgehead atoms. The number of anilines is 1. The van der Waals surface area contributed by atoms with Gasteiger partial charge in [0.25, 0.3) is 0 Å². The summed E-state index contributed by atoms with van der Waals surface area (Å²) < 4.78 is 0. The monoisotopic (exact) mass is 340 g/mol. The molecule has 1 fully saturated rings. The van der Waals surface area contributed by atoms with E-state index in [1.807, 2.05) is 11.1 Å². The number of piperidine rings is 1. The summed E-state index contributed by atoms with van der Waals surface area (Å²) in [7, 11) is 0. The summed E-state index contributed by atoms with van der Waals surface area (Å²) in [6.45, 7) is 2.46. The van der Waals surface area contributed by atoms with Gasteiger partial charge in [-0.1, -0.05) is 23.2 Å². The number of hydrazone groups is 1. The number of hydrogen-bond acceptors (Lipinski definition) is 4. The third kappa shape index (κ3) is 3.54. The van der Waals surface area contributed by atoms with Crippen LogP contribution in [0.1, 0.15) is 19.3 Å². The van der Waals surface area contributed by atoms with Crippen LogP contribution in [-0.2, 0) is 4.79 Å². The number of benzene rings is 1. The van der Waals surface area contributed by atoms with E-state index < -0.39 is 0 Å². The molecule has 118 valence electrons. The number of amides is 1. The highest BCUT2D eigenvalue weighted by Crippen LogP contribution is 2.28. The lowest BCUT2D eigenvalue weighted by atomic mass is 9.99. The maximum absolute atomic E-state index is 12.2. The van der Waals surface area contributed by atoms with Crippen LogP contribution in [0.5, 0.6) is 0 Å². The predicted molar refractivity (Wildman–Crippen MR) is 89.6 cm³/mol. The Kier molecular flexibility index (Phi) is 4.86. The van der Waals surface area contributed by atoms with Gasteiger partial charge in [0.2, 0.25) is 5.91 Å². The summed E-state index contributed by atoms with van der Waals surface area (Å²) >= 11 is 12.0. The van der Waals surface area contributed by atoms with Gasteiger partial charge in [-0.15, -0.1) is 0 Å². The standard InChI is InChI=1S/C15H18Cl2N4O/c16-12-4-3-11(8-13(12)17)21-7-5-14(20-21)19-15(22)10-2-1-6-18-9-10/h3-4,8,10,18H,1-2,5-7,9H2,(H,19,20,22)/t10-/m0/s1. The second-order valence-electron chi connectivity index (χ2n) is 5.55. The lowest BCUT2D eigenvalue weighted by Gasteiger charge is -2.21. The number of nitrogens with one attached hydrogen (secondary N) is 2. The summed E-state index contributed by atoms with van der Waals surface area (Å²) in [4.78, 5) is 12.2. The van der Waals surface area contributed by atoms with Crippen molar-refractivity contribution in [1.82, 2.24) is 10.6 Å². The van der Waals surface area contributed by atoms with Gasteiger partial charge < -0.3 is 10.6 Å². The van der Waals surface area contributed by atoms with Crippen LogP contribution < -0.4 is 15.6 Å². The van der Waals surface area contributed by atoms with E-state index in [1.54, 1.807) is 12.1 Å². The molecular weight excluding hydrogens is 323 g/mol. The topological polar surface area (TPSA) is 56.7 Å². The van der Waals surface area contributed by atoms with E-state index in [2.05, 4.69) is 15.7 Å². The molecule has 1 saturated heterocycles.